The van der Waals surface area contributed by atoms with E-state index in [1.807, 2.05) is 32.9 Å². The first-order valence-corrected chi connectivity index (χ1v) is 5.63. The van der Waals surface area contributed by atoms with Crippen molar-refractivity contribution in [2.75, 3.05) is 0 Å². The zero-order valence-electron chi connectivity index (χ0n) is 10.6. The molecule has 1 heteroatoms. The van der Waals surface area contributed by atoms with Gasteiger partial charge < -0.3 is 5.32 Å². The maximum Gasteiger partial charge on any atom is 0.0446 e. The SMILES string of the molecule is C=C/C=C1/C=C(C)C(C)N/C1=C/C.CC. The van der Waals surface area contributed by atoms with E-state index in [0.29, 0.717) is 6.04 Å². The average molecular weight is 205 g/mol. The summed E-state index contributed by atoms with van der Waals surface area (Å²) in [5.74, 6) is 0. The zero-order chi connectivity index (χ0) is 11.8. The van der Waals surface area contributed by atoms with Crippen molar-refractivity contribution in [2.24, 2.45) is 0 Å². The zero-order valence-corrected chi connectivity index (χ0v) is 10.6. The lowest BCUT2D eigenvalue weighted by molar-refractivity contribution is 0.682. The molecule has 0 aliphatic carbocycles. The van der Waals surface area contributed by atoms with E-state index in [0.717, 1.165) is 0 Å². The highest BCUT2D eigenvalue weighted by Gasteiger charge is 2.13. The lowest BCUT2D eigenvalue weighted by Gasteiger charge is -2.25. The first-order chi connectivity index (χ1) is 7.19. The largest absolute Gasteiger partial charge is 0.379 e. The van der Waals surface area contributed by atoms with E-state index in [-0.39, 0.29) is 0 Å². The van der Waals surface area contributed by atoms with Gasteiger partial charge in [-0.3, -0.25) is 0 Å². The fourth-order valence-electron chi connectivity index (χ4n) is 1.39. The third-order valence-electron chi connectivity index (χ3n) is 2.34. The summed E-state index contributed by atoms with van der Waals surface area (Å²) < 4.78 is 0. The van der Waals surface area contributed by atoms with Gasteiger partial charge in [-0.2, -0.15) is 0 Å². The standard InChI is InChI=1S/C12H17N.C2H6/c1-5-7-11-8-9(3)10(4)13-12(11)6-2;1-2/h5-8,10,13H,1H2,2-4H3;1-2H3/b11-7-,12-6+;. The van der Waals surface area contributed by atoms with Gasteiger partial charge >= 0.3 is 0 Å². The number of nitrogens with one attached hydrogen (secondary N) is 1. The van der Waals surface area contributed by atoms with Gasteiger partial charge in [0.1, 0.15) is 0 Å². The summed E-state index contributed by atoms with van der Waals surface area (Å²) in [5.41, 5.74) is 3.77. The molecule has 84 valence electrons. The van der Waals surface area contributed by atoms with Crippen LogP contribution in [-0.4, -0.2) is 6.04 Å². The second kappa shape index (κ2) is 7.10. The minimum atomic E-state index is 0.438. The second-order valence-corrected chi connectivity index (χ2v) is 3.31. The third-order valence-corrected chi connectivity index (χ3v) is 2.34. The topological polar surface area (TPSA) is 12.0 Å². The van der Waals surface area contributed by atoms with E-state index in [1.54, 1.807) is 0 Å². The molecule has 0 aromatic heterocycles. The summed E-state index contributed by atoms with van der Waals surface area (Å²) in [5, 5.41) is 3.43. The van der Waals surface area contributed by atoms with Crippen LogP contribution in [0.4, 0.5) is 0 Å². The van der Waals surface area contributed by atoms with Crippen molar-refractivity contribution in [1.82, 2.24) is 5.32 Å². The number of allylic oxidation sites excluding steroid dienone is 4. The normalized spacial score (nSPS) is 25.1. The van der Waals surface area contributed by atoms with Crippen molar-refractivity contribution < 1.29 is 0 Å². The van der Waals surface area contributed by atoms with Gasteiger partial charge in [0.05, 0.1) is 0 Å². The van der Waals surface area contributed by atoms with E-state index in [9.17, 15) is 0 Å². The Morgan fingerprint density at radius 1 is 1.40 bits per heavy atom. The molecule has 1 rings (SSSR count). The van der Waals surface area contributed by atoms with Crippen LogP contribution in [0.1, 0.15) is 34.6 Å². The first kappa shape index (κ1) is 13.8. The molecule has 0 amide bonds. The summed E-state index contributed by atoms with van der Waals surface area (Å²) in [6, 6.07) is 0.438. The molecule has 1 heterocycles. The minimum Gasteiger partial charge on any atom is -0.379 e. The molecule has 0 spiro atoms. The van der Waals surface area contributed by atoms with Gasteiger partial charge in [0.15, 0.2) is 0 Å². The van der Waals surface area contributed by atoms with Gasteiger partial charge in [0.25, 0.3) is 0 Å². The predicted molar refractivity (Wildman–Crippen MR) is 69.7 cm³/mol. The van der Waals surface area contributed by atoms with Gasteiger partial charge in [-0.05, 0) is 26.3 Å². The number of hydrogen-bond acceptors (Lipinski definition) is 1. The van der Waals surface area contributed by atoms with Gasteiger partial charge in [-0.1, -0.05) is 50.3 Å². The second-order valence-electron chi connectivity index (χ2n) is 3.31. The van der Waals surface area contributed by atoms with Crippen molar-refractivity contribution in [2.45, 2.75) is 40.7 Å². The summed E-state index contributed by atoms with van der Waals surface area (Å²) >= 11 is 0. The Balaban J connectivity index is 0.000000921. The molecule has 0 bridgehead atoms. The molecule has 15 heavy (non-hydrogen) atoms. The van der Waals surface area contributed by atoms with E-state index < -0.39 is 0 Å². The Kier molecular flexibility index (Phi) is 6.52. The van der Waals surface area contributed by atoms with Crippen LogP contribution < -0.4 is 5.32 Å². The molecule has 0 radical (unpaired) electrons. The average Bonchev–Trinajstić information content (AvgIpc) is 2.26. The molecule has 1 aliphatic rings. The molecule has 1 aliphatic heterocycles. The predicted octanol–water partition coefficient (Wildman–Crippen LogP) is 3.97. The Bertz CT molecular complexity index is 292. The monoisotopic (exact) mass is 205 g/mol. The van der Waals surface area contributed by atoms with Crippen molar-refractivity contribution in [1.29, 1.82) is 0 Å². The summed E-state index contributed by atoms with van der Waals surface area (Å²) in [6.07, 6.45) is 8.14. The lowest BCUT2D eigenvalue weighted by atomic mass is 9.98. The van der Waals surface area contributed by atoms with Crippen LogP contribution in [0.3, 0.4) is 0 Å². The van der Waals surface area contributed by atoms with Crippen molar-refractivity contribution in [3.05, 3.63) is 47.7 Å². The maximum atomic E-state index is 3.71. The minimum absolute atomic E-state index is 0.438. The van der Waals surface area contributed by atoms with Crippen LogP contribution in [0, 0.1) is 0 Å². The van der Waals surface area contributed by atoms with Crippen LogP contribution in [0.5, 0.6) is 0 Å². The van der Waals surface area contributed by atoms with Crippen LogP contribution in [0.2, 0.25) is 0 Å². The third kappa shape index (κ3) is 3.78. The molecular weight excluding hydrogens is 182 g/mol. The van der Waals surface area contributed by atoms with E-state index in [2.05, 4.69) is 37.9 Å². The van der Waals surface area contributed by atoms with Gasteiger partial charge in [0, 0.05) is 11.7 Å². The van der Waals surface area contributed by atoms with Crippen LogP contribution in [0.25, 0.3) is 0 Å². The smallest absolute Gasteiger partial charge is 0.0446 e. The Labute approximate surface area is 94.3 Å². The summed E-state index contributed by atoms with van der Waals surface area (Å²) in [4.78, 5) is 0. The van der Waals surface area contributed by atoms with Gasteiger partial charge in [-0.15, -0.1) is 0 Å². The first-order valence-electron chi connectivity index (χ1n) is 5.63. The molecule has 0 fully saturated rings. The molecule has 1 nitrogen and oxygen atoms in total. The highest BCUT2D eigenvalue weighted by atomic mass is 14.9. The Hall–Kier alpha value is -1.24. The van der Waals surface area contributed by atoms with Crippen molar-refractivity contribution >= 4 is 0 Å². The van der Waals surface area contributed by atoms with Crippen LogP contribution in [0.15, 0.2) is 47.7 Å². The van der Waals surface area contributed by atoms with Gasteiger partial charge in [0.2, 0.25) is 0 Å². The molecule has 1 unspecified atom stereocenters. The summed E-state index contributed by atoms with van der Waals surface area (Å²) in [7, 11) is 0. The molecular formula is C14H23N. The fourth-order valence-corrected chi connectivity index (χ4v) is 1.39. The number of hydrogen-bond donors (Lipinski definition) is 1. The highest BCUT2D eigenvalue weighted by molar-refractivity contribution is 5.46. The Morgan fingerprint density at radius 2 is 2.00 bits per heavy atom. The van der Waals surface area contributed by atoms with Crippen LogP contribution in [-0.2, 0) is 0 Å². The van der Waals surface area contributed by atoms with Gasteiger partial charge in [-0.25, -0.2) is 0 Å². The Morgan fingerprint density at radius 3 is 2.47 bits per heavy atom. The maximum absolute atomic E-state index is 3.71. The highest BCUT2D eigenvalue weighted by Crippen LogP contribution is 2.20. The molecule has 0 aromatic rings. The van der Waals surface area contributed by atoms with E-state index in [1.165, 1.54) is 16.8 Å². The fraction of sp³-hybridized carbons (Fsp3) is 0.429. The van der Waals surface area contributed by atoms with Crippen molar-refractivity contribution in [3.63, 3.8) is 0 Å². The van der Waals surface area contributed by atoms with E-state index >= 15 is 0 Å². The molecule has 1 atom stereocenters. The van der Waals surface area contributed by atoms with Crippen molar-refractivity contribution in [3.8, 4) is 0 Å². The van der Waals surface area contributed by atoms with Crippen LogP contribution >= 0.6 is 0 Å². The van der Waals surface area contributed by atoms with E-state index in [4.69, 9.17) is 0 Å². The lowest BCUT2D eigenvalue weighted by Crippen LogP contribution is -2.30. The molecule has 0 saturated heterocycles. The molecule has 0 aromatic carbocycles. The number of rotatable bonds is 1. The quantitative estimate of drug-likeness (QED) is 0.683. The molecule has 0 saturated carbocycles. The molecule has 1 N–H and O–H groups in total. The summed E-state index contributed by atoms with van der Waals surface area (Å²) in [6.45, 7) is 14.1.